The van der Waals surface area contributed by atoms with Crippen LogP contribution in [0.1, 0.15) is 38.5 Å². The monoisotopic (exact) mass is 198 g/mol. The summed E-state index contributed by atoms with van der Waals surface area (Å²) in [5.74, 6) is 0.670. The molecule has 0 fully saturated rings. The van der Waals surface area contributed by atoms with Crippen LogP contribution in [0.15, 0.2) is 11.8 Å². The van der Waals surface area contributed by atoms with Crippen LogP contribution in [0.3, 0.4) is 0 Å². The van der Waals surface area contributed by atoms with Crippen molar-refractivity contribution in [1.82, 2.24) is 0 Å². The van der Waals surface area contributed by atoms with Crippen LogP contribution in [-0.2, 0) is 14.3 Å². The fourth-order valence-corrected chi connectivity index (χ4v) is 1.46. The van der Waals surface area contributed by atoms with Gasteiger partial charge in [-0.05, 0) is 25.3 Å². The lowest BCUT2D eigenvalue weighted by molar-refractivity contribution is -0.140. The molecule has 0 N–H and O–H groups in total. The molecule has 0 aromatic carbocycles. The molecule has 14 heavy (non-hydrogen) atoms. The van der Waals surface area contributed by atoms with Gasteiger partial charge in [0.2, 0.25) is 0 Å². The largest absolute Gasteiger partial charge is 0.431 e. The summed E-state index contributed by atoms with van der Waals surface area (Å²) in [4.78, 5) is 11.2. The molecule has 1 aliphatic carbocycles. The Morgan fingerprint density at radius 3 is 3.07 bits per heavy atom. The van der Waals surface area contributed by atoms with Crippen LogP contribution in [-0.4, -0.2) is 19.7 Å². The first-order chi connectivity index (χ1) is 6.83. The van der Waals surface area contributed by atoms with Crippen molar-refractivity contribution in [2.45, 2.75) is 38.5 Å². The van der Waals surface area contributed by atoms with Crippen LogP contribution in [0, 0.1) is 0 Å². The van der Waals surface area contributed by atoms with Gasteiger partial charge in [-0.3, -0.25) is 4.79 Å². The van der Waals surface area contributed by atoms with Crippen LogP contribution in [0.25, 0.3) is 0 Å². The van der Waals surface area contributed by atoms with E-state index in [4.69, 9.17) is 9.47 Å². The third-order valence-corrected chi connectivity index (χ3v) is 2.25. The maximum atomic E-state index is 11.2. The van der Waals surface area contributed by atoms with E-state index >= 15 is 0 Å². The van der Waals surface area contributed by atoms with E-state index in [-0.39, 0.29) is 5.97 Å². The first-order valence-electron chi connectivity index (χ1n) is 5.21. The molecule has 0 saturated carbocycles. The molecule has 0 bridgehead atoms. The number of hydrogen-bond acceptors (Lipinski definition) is 3. The number of ether oxygens (including phenoxy) is 2. The molecule has 0 atom stereocenters. The lowest BCUT2D eigenvalue weighted by atomic mass is 10.2. The number of allylic oxidation sites excluding steroid dienone is 2. The third kappa shape index (κ3) is 4.42. The molecule has 3 nitrogen and oxygen atoms in total. The number of methoxy groups -OCH3 is 1. The Morgan fingerprint density at radius 2 is 2.29 bits per heavy atom. The van der Waals surface area contributed by atoms with Crippen molar-refractivity contribution in [3.05, 3.63) is 11.8 Å². The Kier molecular flexibility index (Phi) is 5.30. The smallest absolute Gasteiger partial charge is 0.313 e. The van der Waals surface area contributed by atoms with Gasteiger partial charge in [-0.15, -0.1) is 0 Å². The molecule has 3 heteroatoms. The van der Waals surface area contributed by atoms with E-state index in [0.717, 1.165) is 25.0 Å². The second-order valence-corrected chi connectivity index (χ2v) is 3.49. The summed E-state index contributed by atoms with van der Waals surface area (Å²) < 4.78 is 10.0. The summed E-state index contributed by atoms with van der Waals surface area (Å²) in [6, 6.07) is 0. The van der Waals surface area contributed by atoms with Gasteiger partial charge >= 0.3 is 5.97 Å². The van der Waals surface area contributed by atoms with Crippen molar-refractivity contribution in [2.24, 2.45) is 0 Å². The van der Waals surface area contributed by atoms with Crippen molar-refractivity contribution in [3.8, 4) is 0 Å². The third-order valence-electron chi connectivity index (χ3n) is 2.25. The molecule has 0 aromatic heterocycles. The highest BCUT2D eigenvalue weighted by atomic mass is 16.5. The molecule has 0 heterocycles. The number of carbonyl (C=O) groups excluding carboxylic acids is 1. The highest BCUT2D eigenvalue weighted by molar-refractivity contribution is 5.70. The molecule has 0 radical (unpaired) electrons. The van der Waals surface area contributed by atoms with Gasteiger partial charge in [0.1, 0.15) is 5.76 Å². The molecule has 0 saturated heterocycles. The zero-order valence-electron chi connectivity index (χ0n) is 8.75. The summed E-state index contributed by atoms with van der Waals surface area (Å²) >= 11 is 0. The Morgan fingerprint density at radius 1 is 1.43 bits per heavy atom. The summed E-state index contributed by atoms with van der Waals surface area (Å²) in [5, 5.41) is 0. The fraction of sp³-hybridized carbons (Fsp3) is 0.727. The first-order valence-corrected chi connectivity index (χ1v) is 5.21. The number of esters is 1. The Bertz CT molecular complexity index is 209. The molecular weight excluding hydrogens is 180 g/mol. The normalized spacial score (nSPS) is 17.1. The minimum Gasteiger partial charge on any atom is -0.431 e. The number of hydrogen-bond donors (Lipinski definition) is 0. The van der Waals surface area contributed by atoms with Crippen LogP contribution in [0.5, 0.6) is 0 Å². The predicted molar refractivity (Wildman–Crippen MR) is 53.8 cm³/mol. The topological polar surface area (TPSA) is 35.5 Å². The Labute approximate surface area is 85.1 Å². The van der Waals surface area contributed by atoms with Crippen LogP contribution in [0.2, 0.25) is 0 Å². The van der Waals surface area contributed by atoms with Gasteiger partial charge in [0.05, 0.1) is 13.0 Å². The highest BCUT2D eigenvalue weighted by Gasteiger charge is 2.08. The molecule has 1 aliphatic rings. The van der Waals surface area contributed by atoms with Gasteiger partial charge in [0.25, 0.3) is 0 Å². The van der Waals surface area contributed by atoms with Gasteiger partial charge in [-0.25, -0.2) is 0 Å². The second kappa shape index (κ2) is 6.60. The van der Waals surface area contributed by atoms with E-state index in [2.05, 4.69) is 0 Å². The fourth-order valence-electron chi connectivity index (χ4n) is 1.46. The van der Waals surface area contributed by atoms with Crippen molar-refractivity contribution in [2.75, 3.05) is 13.7 Å². The van der Waals surface area contributed by atoms with Crippen LogP contribution >= 0.6 is 0 Å². The van der Waals surface area contributed by atoms with Gasteiger partial charge < -0.3 is 9.47 Å². The summed E-state index contributed by atoms with van der Waals surface area (Å²) in [7, 11) is 1.58. The van der Waals surface area contributed by atoms with Crippen LogP contribution in [0.4, 0.5) is 0 Å². The van der Waals surface area contributed by atoms with Gasteiger partial charge in [0.15, 0.2) is 0 Å². The molecule has 1 rings (SSSR count). The Hall–Kier alpha value is -0.830. The quantitative estimate of drug-likeness (QED) is 0.651. The first kappa shape index (κ1) is 11.2. The van der Waals surface area contributed by atoms with Gasteiger partial charge in [0, 0.05) is 13.5 Å². The van der Waals surface area contributed by atoms with Crippen molar-refractivity contribution < 1.29 is 14.3 Å². The molecule has 0 aromatic rings. The van der Waals surface area contributed by atoms with Crippen molar-refractivity contribution in [3.63, 3.8) is 0 Å². The molecule has 0 spiro atoms. The van der Waals surface area contributed by atoms with Crippen molar-refractivity contribution in [1.29, 1.82) is 0 Å². The molecule has 0 aliphatic heterocycles. The lowest BCUT2D eigenvalue weighted by Crippen LogP contribution is -2.07. The van der Waals surface area contributed by atoms with E-state index in [1.165, 1.54) is 12.8 Å². The van der Waals surface area contributed by atoms with Crippen LogP contribution < -0.4 is 0 Å². The average Bonchev–Trinajstić information content (AvgIpc) is 2.43. The SMILES string of the molecule is COCCC(=O)OC1=CCCCCC1. The zero-order chi connectivity index (χ0) is 10.2. The summed E-state index contributed by atoms with van der Waals surface area (Å²) in [6.45, 7) is 0.437. The van der Waals surface area contributed by atoms with E-state index in [9.17, 15) is 4.79 Å². The average molecular weight is 198 g/mol. The number of rotatable bonds is 4. The molecule has 0 amide bonds. The highest BCUT2D eigenvalue weighted by Crippen LogP contribution is 2.18. The van der Waals surface area contributed by atoms with E-state index in [0.29, 0.717) is 13.0 Å². The maximum Gasteiger partial charge on any atom is 0.313 e. The van der Waals surface area contributed by atoms with Gasteiger partial charge in [-0.1, -0.05) is 6.42 Å². The molecular formula is C11H18O3. The van der Waals surface area contributed by atoms with E-state index < -0.39 is 0 Å². The Balaban J connectivity index is 2.27. The standard InChI is InChI=1S/C11H18O3/c1-13-9-8-11(12)14-10-6-4-2-3-5-7-10/h6H,2-5,7-9H2,1H3. The summed E-state index contributed by atoms with van der Waals surface area (Å²) in [5.41, 5.74) is 0. The second-order valence-electron chi connectivity index (χ2n) is 3.49. The van der Waals surface area contributed by atoms with E-state index in [1.807, 2.05) is 6.08 Å². The van der Waals surface area contributed by atoms with Crippen molar-refractivity contribution >= 4 is 5.97 Å². The predicted octanol–water partition coefficient (Wildman–Crippen LogP) is 2.41. The minimum atomic E-state index is -0.181. The minimum absolute atomic E-state index is 0.181. The van der Waals surface area contributed by atoms with E-state index in [1.54, 1.807) is 7.11 Å². The molecule has 80 valence electrons. The maximum absolute atomic E-state index is 11.2. The lowest BCUT2D eigenvalue weighted by Gasteiger charge is -2.06. The molecule has 0 unspecified atom stereocenters. The van der Waals surface area contributed by atoms with Gasteiger partial charge in [-0.2, -0.15) is 0 Å². The number of carbonyl (C=O) groups is 1. The summed E-state index contributed by atoms with van der Waals surface area (Å²) in [6.07, 6.45) is 7.88. The zero-order valence-corrected chi connectivity index (χ0v) is 8.75.